The third kappa shape index (κ3) is 8.64. The number of methoxy groups -OCH3 is 1. The van der Waals surface area contributed by atoms with Crippen molar-refractivity contribution < 1.29 is 41.8 Å². The van der Waals surface area contributed by atoms with Crippen LogP contribution in [0.5, 0.6) is 11.5 Å². The molecule has 2 aliphatic carbocycles. The first-order valence-corrected chi connectivity index (χ1v) is 21.6. The summed E-state index contributed by atoms with van der Waals surface area (Å²) in [5.74, 6) is -1.17. The molecule has 2 saturated carbocycles. The van der Waals surface area contributed by atoms with Crippen LogP contribution in [0.2, 0.25) is 0 Å². The van der Waals surface area contributed by atoms with Gasteiger partial charge in [-0.1, -0.05) is 57.2 Å². The second-order valence-electron chi connectivity index (χ2n) is 17.0. The number of carbonyl (C=O) groups is 4. The summed E-state index contributed by atoms with van der Waals surface area (Å²) in [4.78, 5) is 62.6. The number of pyridine rings is 1. The average molecular weight is 816 g/mol. The van der Waals surface area contributed by atoms with Gasteiger partial charge < -0.3 is 29.7 Å². The molecule has 3 heterocycles. The largest absolute Gasteiger partial charge is 0.496 e. The van der Waals surface area contributed by atoms with Crippen LogP contribution in [0, 0.1) is 11.3 Å². The lowest BCUT2D eigenvalue weighted by Crippen LogP contribution is -2.60. The van der Waals surface area contributed by atoms with E-state index in [9.17, 15) is 27.6 Å². The summed E-state index contributed by atoms with van der Waals surface area (Å²) in [6.07, 6.45) is 4.56. The van der Waals surface area contributed by atoms with Crippen LogP contribution in [-0.2, 0) is 35.6 Å². The highest BCUT2D eigenvalue weighted by atomic mass is 32.2. The number of hydrogen-bond acceptors (Lipinski definition) is 10. The number of sulfonamides is 1. The number of allylic oxidation sites excluding steroid dienone is 1. The number of cyclic esters (lactones) is 1. The highest BCUT2D eigenvalue weighted by molar-refractivity contribution is 7.91. The summed E-state index contributed by atoms with van der Waals surface area (Å²) in [7, 11) is -2.29. The number of fused-ring (bicyclic) bond motifs is 3. The third-order valence-electron chi connectivity index (χ3n) is 11.6. The van der Waals surface area contributed by atoms with Gasteiger partial charge >= 0.3 is 6.09 Å². The van der Waals surface area contributed by atoms with Gasteiger partial charge in [0.2, 0.25) is 21.8 Å². The third-order valence-corrected chi connectivity index (χ3v) is 13.4. The number of nitrogens with zero attached hydrogens (tertiary/aromatic N) is 2. The average Bonchev–Trinajstić information content (AvgIpc) is 4.11. The Labute approximate surface area is 339 Å². The molecule has 3 N–H and O–H groups in total. The molecule has 2 aliphatic heterocycles. The van der Waals surface area contributed by atoms with E-state index in [-0.39, 0.29) is 26.0 Å². The Kier molecular flexibility index (Phi) is 11.5. The molecule has 1 saturated heterocycles. The molecule has 7 rings (SSSR count). The first-order chi connectivity index (χ1) is 27.6. The molecule has 5 atom stereocenters. The van der Waals surface area contributed by atoms with Crippen molar-refractivity contribution in [3.63, 3.8) is 0 Å². The summed E-state index contributed by atoms with van der Waals surface area (Å²) < 4.78 is 46.1. The molecule has 310 valence electrons. The molecule has 58 heavy (non-hydrogen) atoms. The first-order valence-electron chi connectivity index (χ1n) is 20.1. The van der Waals surface area contributed by atoms with Gasteiger partial charge in [-0.15, -0.1) is 6.58 Å². The van der Waals surface area contributed by atoms with Crippen molar-refractivity contribution in [2.75, 3.05) is 20.3 Å². The Morgan fingerprint density at radius 3 is 2.55 bits per heavy atom. The molecule has 4 aliphatic rings. The molecule has 0 unspecified atom stereocenters. The van der Waals surface area contributed by atoms with Crippen LogP contribution in [0.15, 0.2) is 61.2 Å². The highest BCUT2D eigenvalue weighted by Crippen LogP contribution is 2.47. The van der Waals surface area contributed by atoms with Crippen molar-refractivity contribution in [2.45, 2.75) is 108 Å². The molecule has 0 spiro atoms. The van der Waals surface area contributed by atoms with Crippen LogP contribution in [-0.4, -0.2) is 91.4 Å². The van der Waals surface area contributed by atoms with Crippen molar-refractivity contribution in [3.05, 3.63) is 66.7 Å². The van der Waals surface area contributed by atoms with E-state index < -0.39 is 74.1 Å². The van der Waals surface area contributed by atoms with Gasteiger partial charge in [0.1, 0.15) is 35.2 Å². The monoisotopic (exact) mass is 815 g/mol. The Bertz CT molecular complexity index is 2200. The molecule has 1 aromatic heterocycles. The minimum Gasteiger partial charge on any atom is -0.496 e. The van der Waals surface area contributed by atoms with Crippen molar-refractivity contribution in [1.82, 2.24) is 25.2 Å². The minimum atomic E-state index is -3.91. The normalized spacial score (nSPS) is 25.4. The lowest BCUT2D eigenvalue weighted by Gasteiger charge is -2.35. The van der Waals surface area contributed by atoms with Crippen LogP contribution in [0.1, 0.15) is 77.7 Å². The van der Waals surface area contributed by atoms with Crippen LogP contribution >= 0.6 is 0 Å². The smallest absolute Gasteiger partial charge is 0.407 e. The van der Waals surface area contributed by atoms with E-state index in [4.69, 9.17) is 19.2 Å². The van der Waals surface area contributed by atoms with Gasteiger partial charge in [-0.2, -0.15) is 0 Å². The number of amides is 4. The standard InChI is InChI=1S/C43H53N5O9S/c1-6-13-28-24-43(28,40(51)47-58(53,54)30-17-18-30)46-38(49)34-21-29-25-48(34)39(50)37(42(2,3)4)45-41(52)56-19-12-8-11-16-27-20-31-33(23-35(27)55-5)44-32(22-36(31)57-29)26-14-9-7-10-15-26/h6-7,9-10,14-15,20,22-23,28-30,34,37H,1,8,11-13,16-19,21,24-25H2,2-5H3,(H,45,52)(H,46,49)(H,47,51)/t28-,29-,34+,37-,43-/m1/s1. The number of rotatable bonds is 9. The molecule has 14 nitrogen and oxygen atoms in total. The molecule has 3 aromatic rings. The maximum atomic E-state index is 14.7. The Hall–Kier alpha value is -5.18. The quantitative estimate of drug-likeness (QED) is 0.243. The van der Waals surface area contributed by atoms with Gasteiger partial charge in [-0.3, -0.25) is 19.1 Å². The number of hydrogen-bond donors (Lipinski definition) is 3. The zero-order valence-corrected chi connectivity index (χ0v) is 34.4. The van der Waals surface area contributed by atoms with E-state index >= 15 is 0 Å². The van der Waals surface area contributed by atoms with E-state index in [2.05, 4.69) is 21.9 Å². The van der Waals surface area contributed by atoms with E-state index in [1.807, 2.05) is 69.3 Å². The lowest BCUT2D eigenvalue weighted by atomic mass is 9.85. The maximum Gasteiger partial charge on any atom is 0.407 e. The molecule has 3 fully saturated rings. The zero-order chi connectivity index (χ0) is 41.4. The van der Waals surface area contributed by atoms with Gasteiger partial charge in [0.25, 0.3) is 5.91 Å². The Balaban J connectivity index is 1.28. The molecular formula is C43H53N5O9S. The molecule has 2 aromatic carbocycles. The summed E-state index contributed by atoms with van der Waals surface area (Å²) in [5.41, 5.74) is 0.804. The number of aryl methyl sites for hydroxylation is 1. The molecule has 0 radical (unpaired) electrons. The second kappa shape index (κ2) is 16.2. The highest BCUT2D eigenvalue weighted by Gasteiger charge is 2.62. The van der Waals surface area contributed by atoms with E-state index in [0.29, 0.717) is 54.8 Å². The van der Waals surface area contributed by atoms with Crippen LogP contribution < -0.4 is 24.8 Å². The van der Waals surface area contributed by atoms with Gasteiger partial charge in [0, 0.05) is 29.5 Å². The fourth-order valence-electron chi connectivity index (χ4n) is 8.08. The van der Waals surface area contributed by atoms with Crippen molar-refractivity contribution in [3.8, 4) is 22.8 Å². The number of alkyl carbamates (subject to hydrolysis) is 1. The van der Waals surface area contributed by atoms with Gasteiger partial charge in [0.15, 0.2) is 0 Å². The van der Waals surface area contributed by atoms with E-state index in [1.54, 1.807) is 13.2 Å². The molecular weight excluding hydrogens is 763 g/mol. The SMILES string of the molecule is C=CC[C@@H]1C[C@]1(NC(=O)[C@@H]1C[C@@H]2CN1C(=O)[C@H](C(C)(C)C)NC(=O)OCCCCCc1cc3c(cc(-c4ccccc4)nc3cc1OC)O2)C(=O)NS(=O)(=O)C1CC1. The van der Waals surface area contributed by atoms with Crippen molar-refractivity contribution in [2.24, 2.45) is 11.3 Å². The number of ether oxygens (including phenoxy) is 3. The van der Waals surface area contributed by atoms with Crippen LogP contribution in [0.25, 0.3) is 22.2 Å². The first kappa shape index (κ1) is 41.0. The van der Waals surface area contributed by atoms with Crippen LogP contribution in [0.3, 0.4) is 0 Å². The molecule has 4 bridgehead atoms. The predicted molar refractivity (Wildman–Crippen MR) is 217 cm³/mol. The molecule has 15 heteroatoms. The second-order valence-corrected chi connectivity index (χ2v) is 18.9. The topological polar surface area (TPSA) is 182 Å². The maximum absolute atomic E-state index is 14.7. The number of aromatic nitrogens is 1. The summed E-state index contributed by atoms with van der Waals surface area (Å²) in [5, 5.41) is 5.75. The van der Waals surface area contributed by atoms with Crippen molar-refractivity contribution in [1.29, 1.82) is 0 Å². The fourth-order valence-corrected chi connectivity index (χ4v) is 9.45. The van der Waals surface area contributed by atoms with Gasteiger partial charge in [-0.25, -0.2) is 18.2 Å². The Morgan fingerprint density at radius 2 is 1.86 bits per heavy atom. The Morgan fingerprint density at radius 1 is 1.10 bits per heavy atom. The fraction of sp³-hybridized carbons (Fsp3) is 0.512. The van der Waals surface area contributed by atoms with Gasteiger partial charge in [0.05, 0.1) is 36.7 Å². The molecule has 4 amide bonds. The number of carbonyl (C=O) groups excluding carboxylic acids is 4. The number of benzene rings is 2. The predicted octanol–water partition coefficient (Wildman–Crippen LogP) is 5.19. The lowest BCUT2D eigenvalue weighted by molar-refractivity contribution is -0.142. The zero-order valence-electron chi connectivity index (χ0n) is 33.5. The van der Waals surface area contributed by atoms with E-state index in [0.717, 1.165) is 29.4 Å². The van der Waals surface area contributed by atoms with E-state index in [1.165, 1.54) is 4.90 Å². The van der Waals surface area contributed by atoms with Gasteiger partial charge in [-0.05, 0) is 74.3 Å². The summed E-state index contributed by atoms with van der Waals surface area (Å²) in [6.45, 7) is 9.34. The summed E-state index contributed by atoms with van der Waals surface area (Å²) in [6, 6.07) is 13.2. The van der Waals surface area contributed by atoms with Crippen LogP contribution in [0.4, 0.5) is 4.79 Å². The summed E-state index contributed by atoms with van der Waals surface area (Å²) >= 11 is 0. The van der Waals surface area contributed by atoms with Crippen molar-refractivity contribution >= 4 is 44.7 Å². The number of nitrogens with one attached hydrogen (secondary N) is 3. The minimum absolute atomic E-state index is 0.0287.